The van der Waals surface area contributed by atoms with Gasteiger partial charge in [-0.05, 0) is 37.5 Å². The van der Waals surface area contributed by atoms with E-state index in [2.05, 4.69) is 15.3 Å². The van der Waals surface area contributed by atoms with Gasteiger partial charge >= 0.3 is 5.97 Å². The first kappa shape index (κ1) is 18.9. The third kappa shape index (κ3) is 4.64. The van der Waals surface area contributed by atoms with Gasteiger partial charge in [0.25, 0.3) is 0 Å². The van der Waals surface area contributed by atoms with Crippen molar-refractivity contribution < 1.29 is 13.9 Å². The summed E-state index contributed by atoms with van der Waals surface area (Å²) in [5, 5.41) is 3.17. The second-order valence-corrected chi connectivity index (χ2v) is 6.48. The van der Waals surface area contributed by atoms with Crippen molar-refractivity contribution in [2.45, 2.75) is 26.3 Å². The highest BCUT2D eigenvalue weighted by Gasteiger charge is 2.28. The van der Waals surface area contributed by atoms with Gasteiger partial charge in [-0.2, -0.15) is 0 Å². The van der Waals surface area contributed by atoms with Crippen LogP contribution in [0.15, 0.2) is 30.6 Å². The molecular formula is C19H24FN5O2. The van der Waals surface area contributed by atoms with E-state index < -0.39 is 0 Å². The van der Waals surface area contributed by atoms with Crippen LogP contribution in [0.2, 0.25) is 0 Å². The van der Waals surface area contributed by atoms with E-state index in [1.807, 2.05) is 4.90 Å². The summed E-state index contributed by atoms with van der Waals surface area (Å²) in [5.74, 6) is 0.500. The zero-order valence-corrected chi connectivity index (χ0v) is 15.3. The van der Waals surface area contributed by atoms with Crippen LogP contribution in [0.25, 0.3) is 0 Å². The van der Waals surface area contributed by atoms with E-state index in [1.165, 1.54) is 18.5 Å². The van der Waals surface area contributed by atoms with Crippen molar-refractivity contribution in [3.8, 4) is 0 Å². The first-order valence-corrected chi connectivity index (χ1v) is 9.09. The maximum atomic E-state index is 13.0. The Kier molecular flexibility index (Phi) is 6.05. The van der Waals surface area contributed by atoms with Gasteiger partial charge in [0.1, 0.15) is 17.8 Å². The molecule has 1 aliphatic rings. The molecule has 1 aliphatic heterocycles. The number of nitrogens with zero attached hydrogens (tertiary/aromatic N) is 3. The number of nitrogen functional groups attached to an aromatic ring is 1. The van der Waals surface area contributed by atoms with Gasteiger partial charge in [0.05, 0.1) is 12.5 Å². The summed E-state index contributed by atoms with van der Waals surface area (Å²) < 4.78 is 18.2. The minimum Gasteiger partial charge on any atom is -0.466 e. The first-order chi connectivity index (χ1) is 13.1. The van der Waals surface area contributed by atoms with Crippen molar-refractivity contribution in [2.24, 2.45) is 5.92 Å². The van der Waals surface area contributed by atoms with Crippen molar-refractivity contribution in [3.63, 3.8) is 0 Å². The molecule has 27 heavy (non-hydrogen) atoms. The topological polar surface area (TPSA) is 93.4 Å². The molecule has 1 unspecified atom stereocenters. The normalized spacial score (nSPS) is 16.8. The Bertz CT molecular complexity index is 784. The lowest BCUT2D eigenvalue weighted by atomic mass is 9.98. The van der Waals surface area contributed by atoms with E-state index in [-0.39, 0.29) is 17.7 Å². The van der Waals surface area contributed by atoms with Crippen LogP contribution in [0.3, 0.4) is 0 Å². The molecule has 0 amide bonds. The molecule has 7 nitrogen and oxygen atoms in total. The fraction of sp³-hybridized carbons (Fsp3) is 0.421. The largest absolute Gasteiger partial charge is 0.466 e. The molecule has 144 valence electrons. The van der Waals surface area contributed by atoms with Gasteiger partial charge < -0.3 is 20.7 Å². The predicted molar refractivity (Wildman–Crippen MR) is 102 cm³/mol. The number of piperidine rings is 1. The van der Waals surface area contributed by atoms with E-state index in [0.29, 0.717) is 37.0 Å². The summed E-state index contributed by atoms with van der Waals surface area (Å²) in [6.07, 6.45) is 3.12. The molecule has 0 spiro atoms. The fourth-order valence-electron chi connectivity index (χ4n) is 3.19. The lowest BCUT2D eigenvalue weighted by Crippen LogP contribution is -2.40. The van der Waals surface area contributed by atoms with Crippen molar-refractivity contribution >= 4 is 23.3 Å². The molecule has 2 aromatic rings. The number of carbonyl (C=O) groups excluding carboxylic acids is 1. The molecule has 1 fully saturated rings. The summed E-state index contributed by atoms with van der Waals surface area (Å²) in [6, 6.07) is 6.23. The fourth-order valence-corrected chi connectivity index (χ4v) is 3.19. The Balaban J connectivity index is 1.70. The summed E-state index contributed by atoms with van der Waals surface area (Å²) in [6.45, 7) is 3.95. The van der Waals surface area contributed by atoms with E-state index in [4.69, 9.17) is 10.5 Å². The van der Waals surface area contributed by atoms with Crippen LogP contribution in [0, 0.1) is 11.7 Å². The quantitative estimate of drug-likeness (QED) is 0.752. The van der Waals surface area contributed by atoms with E-state index in [9.17, 15) is 9.18 Å². The number of anilines is 3. The smallest absolute Gasteiger partial charge is 0.310 e. The molecule has 1 aromatic carbocycles. The number of halogens is 1. The Hall–Kier alpha value is -2.90. The maximum absolute atomic E-state index is 13.0. The number of hydrogen-bond acceptors (Lipinski definition) is 7. The van der Waals surface area contributed by atoms with E-state index in [1.54, 1.807) is 19.1 Å². The Morgan fingerprint density at radius 1 is 1.37 bits per heavy atom. The molecule has 2 heterocycles. The van der Waals surface area contributed by atoms with Crippen molar-refractivity contribution in [3.05, 3.63) is 42.0 Å². The zero-order valence-electron chi connectivity index (χ0n) is 15.3. The monoisotopic (exact) mass is 373 g/mol. The number of aromatic nitrogens is 2. The number of hydrogen-bond donors (Lipinski definition) is 2. The van der Waals surface area contributed by atoms with Crippen molar-refractivity contribution in [1.82, 2.24) is 9.97 Å². The average Bonchev–Trinajstić information content (AvgIpc) is 2.69. The van der Waals surface area contributed by atoms with Gasteiger partial charge in [-0.3, -0.25) is 4.79 Å². The second-order valence-electron chi connectivity index (χ2n) is 6.48. The molecule has 0 bridgehead atoms. The summed E-state index contributed by atoms with van der Waals surface area (Å²) in [7, 11) is 0. The third-order valence-corrected chi connectivity index (χ3v) is 4.58. The molecule has 1 atom stereocenters. The summed E-state index contributed by atoms with van der Waals surface area (Å²) in [5.41, 5.74) is 7.62. The molecule has 0 aliphatic carbocycles. The molecular weight excluding hydrogens is 349 g/mol. The Morgan fingerprint density at radius 2 is 2.15 bits per heavy atom. The molecule has 3 rings (SSSR count). The highest BCUT2D eigenvalue weighted by atomic mass is 19.1. The highest BCUT2D eigenvalue weighted by molar-refractivity contribution is 5.77. The minimum absolute atomic E-state index is 0.176. The van der Waals surface area contributed by atoms with E-state index >= 15 is 0 Å². The van der Waals surface area contributed by atoms with Gasteiger partial charge in [0.2, 0.25) is 0 Å². The number of nitrogens with two attached hydrogens (primary N) is 1. The lowest BCUT2D eigenvalue weighted by molar-refractivity contribution is -0.148. The standard InChI is InChI=1S/C19H24FN5O2/c1-2-27-19(26)14-4-3-9-25(11-14)18-16(21)17(23-12-24-18)22-10-13-5-7-15(20)8-6-13/h5-8,12,14H,2-4,9-11,21H2,1H3,(H,22,23,24). The lowest BCUT2D eigenvalue weighted by Gasteiger charge is -2.33. The molecule has 1 saturated heterocycles. The average molecular weight is 373 g/mol. The predicted octanol–water partition coefficient (Wildman–Crippen LogP) is 2.59. The number of benzene rings is 1. The molecule has 8 heteroatoms. The first-order valence-electron chi connectivity index (χ1n) is 9.09. The van der Waals surface area contributed by atoms with Crippen LogP contribution in [-0.4, -0.2) is 35.6 Å². The van der Waals surface area contributed by atoms with Crippen LogP contribution in [-0.2, 0) is 16.1 Å². The number of rotatable bonds is 6. The van der Waals surface area contributed by atoms with Gasteiger partial charge in [-0.1, -0.05) is 12.1 Å². The van der Waals surface area contributed by atoms with Crippen LogP contribution in [0.4, 0.5) is 21.7 Å². The SMILES string of the molecule is CCOC(=O)C1CCCN(c2ncnc(NCc3ccc(F)cc3)c2N)C1. The van der Waals surface area contributed by atoms with E-state index in [0.717, 1.165) is 24.9 Å². The Morgan fingerprint density at radius 3 is 2.89 bits per heavy atom. The highest BCUT2D eigenvalue weighted by Crippen LogP contribution is 2.30. The van der Waals surface area contributed by atoms with Crippen LogP contribution >= 0.6 is 0 Å². The number of esters is 1. The van der Waals surface area contributed by atoms with Crippen molar-refractivity contribution in [1.29, 1.82) is 0 Å². The van der Waals surface area contributed by atoms with Gasteiger partial charge in [-0.25, -0.2) is 14.4 Å². The molecule has 3 N–H and O–H groups in total. The summed E-state index contributed by atoms with van der Waals surface area (Å²) >= 11 is 0. The molecule has 0 saturated carbocycles. The minimum atomic E-state index is -0.274. The third-order valence-electron chi connectivity index (χ3n) is 4.58. The van der Waals surface area contributed by atoms with Crippen LogP contribution < -0.4 is 16.0 Å². The Labute approximate surface area is 157 Å². The van der Waals surface area contributed by atoms with Gasteiger partial charge in [-0.15, -0.1) is 0 Å². The van der Waals surface area contributed by atoms with Gasteiger partial charge in [0, 0.05) is 19.6 Å². The van der Waals surface area contributed by atoms with Crippen molar-refractivity contribution in [2.75, 3.05) is 35.6 Å². The molecule has 1 aromatic heterocycles. The molecule has 0 radical (unpaired) electrons. The van der Waals surface area contributed by atoms with Crippen LogP contribution in [0.5, 0.6) is 0 Å². The second kappa shape index (κ2) is 8.66. The van der Waals surface area contributed by atoms with Gasteiger partial charge in [0.15, 0.2) is 11.6 Å². The number of ether oxygens (including phenoxy) is 1. The zero-order chi connectivity index (χ0) is 19.2. The summed E-state index contributed by atoms with van der Waals surface area (Å²) in [4.78, 5) is 22.6. The number of carbonyl (C=O) groups is 1. The number of nitrogens with one attached hydrogen (secondary N) is 1. The van der Waals surface area contributed by atoms with Crippen LogP contribution in [0.1, 0.15) is 25.3 Å². The maximum Gasteiger partial charge on any atom is 0.310 e.